The molecule has 0 spiro atoms. The number of carbonyl (C=O) groups is 1. The molecule has 0 bridgehead atoms. The monoisotopic (exact) mass is 259 g/mol. The van der Waals surface area contributed by atoms with Gasteiger partial charge in [0.1, 0.15) is 0 Å². The fourth-order valence-electron chi connectivity index (χ4n) is 3.07. The molecular weight excluding hydrogens is 238 g/mol. The Balaban J connectivity index is 1.78. The van der Waals surface area contributed by atoms with Gasteiger partial charge in [-0.1, -0.05) is 12.1 Å². The van der Waals surface area contributed by atoms with E-state index in [4.69, 9.17) is 0 Å². The lowest BCUT2D eigenvalue weighted by Crippen LogP contribution is -2.48. The smallest absolute Gasteiger partial charge is 0.219 e. The number of piperazine rings is 1. The van der Waals surface area contributed by atoms with Gasteiger partial charge < -0.3 is 15.1 Å². The zero-order chi connectivity index (χ0) is 13.2. The molecule has 2 aliphatic heterocycles. The second kappa shape index (κ2) is 5.21. The number of carbonyl (C=O) groups excluding carboxylic acids is 1. The normalized spacial score (nSPS) is 19.2. The number of fused-ring (bicyclic) bond motifs is 1. The molecule has 1 fully saturated rings. The Kier molecular flexibility index (Phi) is 3.42. The summed E-state index contributed by atoms with van der Waals surface area (Å²) in [5, 5.41) is 3.42. The van der Waals surface area contributed by atoms with Gasteiger partial charge in [-0.3, -0.25) is 4.79 Å². The van der Waals surface area contributed by atoms with Crippen molar-refractivity contribution in [2.24, 2.45) is 0 Å². The van der Waals surface area contributed by atoms with Crippen LogP contribution in [0, 0.1) is 0 Å². The Bertz CT molecular complexity index is 478. The number of hydrogen-bond donors (Lipinski definition) is 1. The van der Waals surface area contributed by atoms with Crippen LogP contribution in [0.1, 0.15) is 18.1 Å². The summed E-state index contributed by atoms with van der Waals surface area (Å²) in [7, 11) is 0. The van der Waals surface area contributed by atoms with Crippen LogP contribution in [0.2, 0.25) is 0 Å². The summed E-state index contributed by atoms with van der Waals surface area (Å²) in [5.41, 5.74) is 4.30. The van der Waals surface area contributed by atoms with Crippen molar-refractivity contribution >= 4 is 11.6 Å². The van der Waals surface area contributed by atoms with Crippen molar-refractivity contribution in [1.82, 2.24) is 10.2 Å². The molecule has 2 aliphatic rings. The van der Waals surface area contributed by atoms with E-state index in [9.17, 15) is 4.79 Å². The van der Waals surface area contributed by atoms with Gasteiger partial charge in [-0.05, 0) is 30.2 Å². The van der Waals surface area contributed by atoms with Crippen LogP contribution in [-0.4, -0.2) is 43.5 Å². The van der Waals surface area contributed by atoms with Crippen LogP contribution in [0.15, 0.2) is 18.2 Å². The van der Waals surface area contributed by atoms with Gasteiger partial charge in [0.25, 0.3) is 0 Å². The van der Waals surface area contributed by atoms with Gasteiger partial charge in [-0.2, -0.15) is 0 Å². The van der Waals surface area contributed by atoms with E-state index in [1.165, 1.54) is 16.8 Å². The number of benzene rings is 1. The lowest BCUT2D eigenvalue weighted by Gasteiger charge is -2.37. The van der Waals surface area contributed by atoms with Gasteiger partial charge in [-0.25, -0.2) is 0 Å². The van der Waals surface area contributed by atoms with E-state index in [0.717, 1.165) is 45.7 Å². The molecule has 0 unspecified atom stereocenters. The van der Waals surface area contributed by atoms with Crippen LogP contribution in [0.5, 0.6) is 0 Å². The molecule has 1 aromatic rings. The molecule has 1 saturated heterocycles. The second-order valence-electron chi connectivity index (χ2n) is 5.33. The number of amides is 1. The quantitative estimate of drug-likeness (QED) is 0.817. The zero-order valence-electron chi connectivity index (χ0n) is 11.5. The first-order valence-electron chi connectivity index (χ1n) is 7.07. The number of rotatable bonds is 1. The standard InChI is InChI=1S/C15H21N3O/c1-12(19)17-7-9-18(10-8-17)15-4-2-3-13-11-16-6-5-14(13)15/h2-4,16H,5-11H2,1H3. The molecule has 1 N–H and O–H groups in total. The minimum Gasteiger partial charge on any atom is -0.368 e. The van der Waals surface area contributed by atoms with Gasteiger partial charge in [0.05, 0.1) is 0 Å². The predicted octanol–water partition coefficient (Wildman–Crippen LogP) is 1.00. The highest BCUT2D eigenvalue weighted by Gasteiger charge is 2.22. The van der Waals surface area contributed by atoms with Crippen molar-refractivity contribution in [3.05, 3.63) is 29.3 Å². The highest BCUT2D eigenvalue weighted by Crippen LogP contribution is 2.27. The summed E-state index contributed by atoms with van der Waals surface area (Å²) in [6.07, 6.45) is 1.11. The summed E-state index contributed by atoms with van der Waals surface area (Å²) in [5.74, 6) is 0.193. The lowest BCUT2D eigenvalue weighted by atomic mass is 9.98. The molecule has 0 saturated carbocycles. The van der Waals surface area contributed by atoms with Crippen molar-refractivity contribution in [2.45, 2.75) is 19.9 Å². The molecular formula is C15H21N3O. The van der Waals surface area contributed by atoms with Crippen molar-refractivity contribution < 1.29 is 4.79 Å². The fraction of sp³-hybridized carbons (Fsp3) is 0.533. The molecule has 1 amide bonds. The van der Waals surface area contributed by atoms with Crippen LogP contribution in [-0.2, 0) is 17.8 Å². The van der Waals surface area contributed by atoms with Gasteiger partial charge in [0, 0.05) is 45.3 Å². The Hall–Kier alpha value is -1.55. The third kappa shape index (κ3) is 2.45. The van der Waals surface area contributed by atoms with Gasteiger partial charge >= 0.3 is 0 Å². The maximum absolute atomic E-state index is 11.4. The first-order valence-corrected chi connectivity index (χ1v) is 7.07. The van der Waals surface area contributed by atoms with E-state index in [0.29, 0.717) is 0 Å². The first kappa shape index (κ1) is 12.5. The Morgan fingerprint density at radius 2 is 2.00 bits per heavy atom. The average molecular weight is 259 g/mol. The van der Waals surface area contributed by atoms with Crippen LogP contribution in [0.3, 0.4) is 0 Å². The van der Waals surface area contributed by atoms with Crippen molar-refractivity contribution in [3.63, 3.8) is 0 Å². The van der Waals surface area contributed by atoms with Crippen LogP contribution in [0.4, 0.5) is 5.69 Å². The van der Waals surface area contributed by atoms with Gasteiger partial charge in [0.2, 0.25) is 5.91 Å². The van der Waals surface area contributed by atoms with Crippen molar-refractivity contribution in [3.8, 4) is 0 Å². The Morgan fingerprint density at radius 1 is 1.21 bits per heavy atom. The maximum atomic E-state index is 11.4. The number of nitrogens with zero attached hydrogens (tertiary/aromatic N) is 2. The van der Waals surface area contributed by atoms with E-state index in [1.807, 2.05) is 4.90 Å². The van der Waals surface area contributed by atoms with Gasteiger partial charge in [-0.15, -0.1) is 0 Å². The fourth-order valence-corrected chi connectivity index (χ4v) is 3.07. The summed E-state index contributed by atoms with van der Waals surface area (Å²) in [6, 6.07) is 6.60. The zero-order valence-corrected chi connectivity index (χ0v) is 11.5. The summed E-state index contributed by atoms with van der Waals surface area (Å²) in [4.78, 5) is 15.7. The average Bonchev–Trinajstić information content (AvgIpc) is 2.47. The van der Waals surface area contributed by atoms with Crippen molar-refractivity contribution in [1.29, 1.82) is 0 Å². The Labute approximate surface area is 114 Å². The third-order valence-electron chi connectivity index (χ3n) is 4.18. The van der Waals surface area contributed by atoms with E-state index >= 15 is 0 Å². The predicted molar refractivity (Wildman–Crippen MR) is 76.3 cm³/mol. The maximum Gasteiger partial charge on any atom is 0.219 e. The topological polar surface area (TPSA) is 35.6 Å². The third-order valence-corrected chi connectivity index (χ3v) is 4.18. The molecule has 4 nitrogen and oxygen atoms in total. The molecule has 0 aliphatic carbocycles. The molecule has 0 radical (unpaired) electrons. The van der Waals surface area contributed by atoms with E-state index < -0.39 is 0 Å². The molecule has 2 heterocycles. The van der Waals surface area contributed by atoms with E-state index in [-0.39, 0.29) is 5.91 Å². The molecule has 19 heavy (non-hydrogen) atoms. The highest BCUT2D eigenvalue weighted by molar-refractivity contribution is 5.73. The summed E-state index contributed by atoms with van der Waals surface area (Å²) < 4.78 is 0. The number of hydrogen-bond acceptors (Lipinski definition) is 3. The van der Waals surface area contributed by atoms with Crippen LogP contribution < -0.4 is 10.2 Å². The highest BCUT2D eigenvalue weighted by atomic mass is 16.2. The minimum absolute atomic E-state index is 0.193. The van der Waals surface area contributed by atoms with E-state index in [1.54, 1.807) is 6.92 Å². The lowest BCUT2D eigenvalue weighted by molar-refractivity contribution is -0.129. The molecule has 102 valence electrons. The molecule has 0 atom stereocenters. The number of nitrogens with one attached hydrogen (secondary N) is 1. The second-order valence-corrected chi connectivity index (χ2v) is 5.33. The minimum atomic E-state index is 0.193. The summed E-state index contributed by atoms with van der Waals surface area (Å²) in [6.45, 7) is 7.29. The molecule has 4 heteroatoms. The summed E-state index contributed by atoms with van der Waals surface area (Å²) >= 11 is 0. The van der Waals surface area contributed by atoms with Crippen LogP contribution in [0.25, 0.3) is 0 Å². The van der Waals surface area contributed by atoms with Gasteiger partial charge in [0.15, 0.2) is 0 Å². The molecule has 0 aromatic heterocycles. The van der Waals surface area contributed by atoms with Crippen LogP contribution >= 0.6 is 0 Å². The van der Waals surface area contributed by atoms with E-state index in [2.05, 4.69) is 28.4 Å². The Morgan fingerprint density at radius 3 is 2.74 bits per heavy atom. The SMILES string of the molecule is CC(=O)N1CCN(c2cccc3c2CCNC3)CC1. The number of anilines is 1. The molecule has 3 rings (SSSR count). The van der Waals surface area contributed by atoms with Crippen molar-refractivity contribution in [2.75, 3.05) is 37.6 Å². The largest absolute Gasteiger partial charge is 0.368 e. The molecule has 1 aromatic carbocycles. The first-order chi connectivity index (χ1) is 9.25.